The van der Waals surface area contributed by atoms with E-state index in [0.29, 0.717) is 5.02 Å². The summed E-state index contributed by atoms with van der Waals surface area (Å²) < 4.78 is 0. The highest BCUT2D eigenvalue weighted by Crippen LogP contribution is 2.23. The summed E-state index contributed by atoms with van der Waals surface area (Å²) >= 11 is 6.08. The zero-order valence-corrected chi connectivity index (χ0v) is 11.7. The molecule has 0 fully saturated rings. The molecule has 0 saturated carbocycles. The van der Waals surface area contributed by atoms with Crippen LogP contribution in [0.1, 0.15) is 30.4 Å². The Morgan fingerprint density at radius 1 is 0.842 bits per heavy atom. The third kappa shape index (κ3) is 4.60. The number of rotatable bonds is 6. The van der Waals surface area contributed by atoms with Crippen molar-refractivity contribution < 1.29 is 5.11 Å². The number of phenolic OH excluding ortho intramolecular Hbond substituents is 1. The van der Waals surface area contributed by atoms with Gasteiger partial charge in [0, 0.05) is 5.02 Å². The van der Waals surface area contributed by atoms with Gasteiger partial charge in [-0.2, -0.15) is 0 Å². The number of hydrogen-bond donors (Lipinski definition) is 1. The van der Waals surface area contributed by atoms with Crippen molar-refractivity contribution in [2.24, 2.45) is 0 Å². The highest BCUT2D eigenvalue weighted by atomic mass is 35.5. The van der Waals surface area contributed by atoms with Crippen LogP contribution in [-0.2, 0) is 12.8 Å². The molecule has 0 radical (unpaired) electrons. The van der Waals surface area contributed by atoms with Gasteiger partial charge >= 0.3 is 0 Å². The summed E-state index contributed by atoms with van der Waals surface area (Å²) in [5.74, 6) is 0.234. The summed E-state index contributed by atoms with van der Waals surface area (Å²) in [6.07, 6.45) is 5.67. The van der Waals surface area contributed by atoms with Crippen LogP contribution in [0.5, 0.6) is 5.75 Å². The van der Waals surface area contributed by atoms with E-state index in [0.717, 1.165) is 24.8 Å². The van der Waals surface area contributed by atoms with Crippen molar-refractivity contribution in [1.82, 2.24) is 0 Å². The molecule has 2 aromatic carbocycles. The fourth-order valence-corrected chi connectivity index (χ4v) is 2.47. The van der Waals surface area contributed by atoms with Crippen LogP contribution in [0.4, 0.5) is 0 Å². The van der Waals surface area contributed by atoms with E-state index in [1.165, 1.54) is 18.4 Å². The highest BCUT2D eigenvalue weighted by Gasteiger charge is 2.01. The molecule has 1 N–H and O–H groups in total. The molecule has 0 saturated heterocycles. The number of unbranched alkanes of at least 4 members (excludes halogenated alkanes) is 2. The van der Waals surface area contributed by atoms with E-state index < -0.39 is 0 Å². The molecular formula is C17H19ClO. The number of phenols is 1. The summed E-state index contributed by atoms with van der Waals surface area (Å²) in [5.41, 5.74) is 2.53. The fourth-order valence-electron chi connectivity index (χ4n) is 2.21. The molecule has 0 heterocycles. The molecule has 0 aliphatic heterocycles. The van der Waals surface area contributed by atoms with Gasteiger partial charge in [-0.25, -0.2) is 0 Å². The zero-order chi connectivity index (χ0) is 13.5. The first kappa shape index (κ1) is 14.0. The zero-order valence-electron chi connectivity index (χ0n) is 11.0. The summed E-state index contributed by atoms with van der Waals surface area (Å²) in [6, 6.07) is 15.8. The van der Waals surface area contributed by atoms with Crippen LogP contribution in [0.2, 0.25) is 5.02 Å². The molecule has 0 spiro atoms. The summed E-state index contributed by atoms with van der Waals surface area (Å²) in [6.45, 7) is 0. The van der Waals surface area contributed by atoms with Gasteiger partial charge in [0.15, 0.2) is 0 Å². The Morgan fingerprint density at radius 2 is 1.58 bits per heavy atom. The molecule has 0 aliphatic carbocycles. The summed E-state index contributed by atoms with van der Waals surface area (Å²) in [7, 11) is 0. The third-order valence-corrected chi connectivity index (χ3v) is 3.64. The van der Waals surface area contributed by atoms with Crippen LogP contribution in [0, 0.1) is 0 Å². The molecule has 0 aliphatic rings. The van der Waals surface area contributed by atoms with Crippen molar-refractivity contribution in [3.8, 4) is 5.75 Å². The Labute approximate surface area is 119 Å². The Kier molecular flexibility index (Phi) is 5.29. The van der Waals surface area contributed by atoms with E-state index in [1.807, 2.05) is 6.07 Å². The minimum atomic E-state index is 0.234. The average Bonchev–Trinajstić information content (AvgIpc) is 2.42. The van der Waals surface area contributed by atoms with Crippen molar-refractivity contribution in [3.63, 3.8) is 0 Å². The van der Waals surface area contributed by atoms with Crippen LogP contribution in [0.25, 0.3) is 0 Å². The van der Waals surface area contributed by atoms with Crippen molar-refractivity contribution in [3.05, 3.63) is 64.7 Å². The molecule has 100 valence electrons. The summed E-state index contributed by atoms with van der Waals surface area (Å²) in [4.78, 5) is 0. The van der Waals surface area contributed by atoms with Gasteiger partial charge in [0.05, 0.1) is 0 Å². The molecule has 2 aromatic rings. The third-order valence-electron chi connectivity index (χ3n) is 3.29. The lowest BCUT2D eigenvalue weighted by molar-refractivity contribution is 0.475. The monoisotopic (exact) mass is 274 g/mol. The molecule has 0 bridgehead atoms. The van der Waals surface area contributed by atoms with E-state index in [-0.39, 0.29) is 5.75 Å². The maximum absolute atomic E-state index is 9.29. The number of hydrogen-bond acceptors (Lipinski definition) is 1. The lowest BCUT2D eigenvalue weighted by Crippen LogP contribution is -1.89. The molecule has 0 unspecified atom stereocenters. The van der Waals surface area contributed by atoms with Crippen molar-refractivity contribution in [2.75, 3.05) is 0 Å². The van der Waals surface area contributed by atoms with Crippen LogP contribution < -0.4 is 0 Å². The number of aryl methyl sites for hydroxylation is 2. The number of halogens is 1. The van der Waals surface area contributed by atoms with Gasteiger partial charge < -0.3 is 5.11 Å². The quantitative estimate of drug-likeness (QED) is 0.735. The van der Waals surface area contributed by atoms with Crippen molar-refractivity contribution in [2.45, 2.75) is 32.1 Å². The standard InChI is InChI=1S/C17H19ClO/c18-17-13-16(19)12-11-15(17)10-6-2-5-9-14-7-3-1-4-8-14/h1,3-4,7-8,11-13,19H,2,5-6,9-10H2. The molecular weight excluding hydrogens is 256 g/mol. The molecule has 0 aromatic heterocycles. The molecule has 2 heteroatoms. The lowest BCUT2D eigenvalue weighted by atomic mass is 10.0. The van der Waals surface area contributed by atoms with Gasteiger partial charge in [0.1, 0.15) is 5.75 Å². The van der Waals surface area contributed by atoms with Crippen LogP contribution >= 0.6 is 11.6 Å². The SMILES string of the molecule is Oc1ccc(CCCCCc2ccccc2)c(Cl)c1. The van der Waals surface area contributed by atoms with E-state index in [4.69, 9.17) is 11.6 Å². The smallest absolute Gasteiger partial charge is 0.117 e. The molecule has 19 heavy (non-hydrogen) atoms. The maximum Gasteiger partial charge on any atom is 0.117 e. The first-order valence-electron chi connectivity index (χ1n) is 6.77. The fraction of sp³-hybridized carbons (Fsp3) is 0.294. The van der Waals surface area contributed by atoms with Crippen LogP contribution in [0.15, 0.2) is 48.5 Å². The van der Waals surface area contributed by atoms with Gasteiger partial charge in [-0.05, 0) is 48.9 Å². The minimum Gasteiger partial charge on any atom is -0.508 e. The molecule has 0 amide bonds. The van der Waals surface area contributed by atoms with E-state index >= 15 is 0 Å². The molecule has 0 atom stereocenters. The molecule has 1 nitrogen and oxygen atoms in total. The predicted octanol–water partition coefficient (Wildman–Crippen LogP) is 5.00. The van der Waals surface area contributed by atoms with E-state index in [9.17, 15) is 5.11 Å². The van der Waals surface area contributed by atoms with E-state index in [2.05, 4.69) is 30.3 Å². The Morgan fingerprint density at radius 3 is 2.32 bits per heavy atom. The van der Waals surface area contributed by atoms with Crippen molar-refractivity contribution >= 4 is 11.6 Å². The number of benzene rings is 2. The second kappa shape index (κ2) is 7.20. The highest BCUT2D eigenvalue weighted by molar-refractivity contribution is 6.31. The summed E-state index contributed by atoms with van der Waals surface area (Å²) in [5, 5.41) is 9.96. The number of aromatic hydroxyl groups is 1. The first-order valence-corrected chi connectivity index (χ1v) is 7.15. The second-order valence-corrected chi connectivity index (χ2v) is 5.23. The van der Waals surface area contributed by atoms with Crippen LogP contribution in [0.3, 0.4) is 0 Å². The van der Waals surface area contributed by atoms with Gasteiger partial charge in [-0.3, -0.25) is 0 Å². The maximum atomic E-state index is 9.29. The Balaban J connectivity index is 1.69. The lowest BCUT2D eigenvalue weighted by Gasteiger charge is -2.05. The molecule has 2 rings (SSSR count). The topological polar surface area (TPSA) is 20.2 Å². The van der Waals surface area contributed by atoms with Gasteiger partial charge in [-0.1, -0.05) is 54.4 Å². The van der Waals surface area contributed by atoms with Gasteiger partial charge in [0.25, 0.3) is 0 Å². The first-order chi connectivity index (χ1) is 9.25. The van der Waals surface area contributed by atoms with Crippen molar-refractivity contribution in [1.29, 1.82) is 0 Å². The normalized spacial score (nSPS) is 10.6. The predicted molar refractivity (Wildman–Crippen MR) is 80.8 cm³/mol. The largest absolute Gasteiger partial charge is 0.508 e. The second-order valence-electron chi connectivity index (χ2n) is 4.82. The average molecular weight is 275 g/mol. The van der Waals surface area contributed by atoms with Gasteiger partial charge in [0.2, 0.25) is 0 Å². The van der Waals surface area contributed by atoms with Gasteiger partial charge in [-0.15, -0.1) is 0 Å². The minimum absolute atomic E-state index is 0.234. The van der Waals surface area contributed by atoms with Crippen LogP contribution in [-0.4, -0.2) is 5.11 Å². The van der Waals surface area contributed by atoms with E-state index in [1.54, 1.807) is 12.1 Å². The Hall–Kier alpha value is -1.47. The Bertz CT molecular complexity index is 508.